The van der Waals surface area contributed by atoms with Crippen LogP contribution < -0.4 is 4.74 Å². The fourth-order valence-corrected chi connectivity index (χ4v) is 5.11. The van der Waals surface area contributed by atoms with E-state index in [0.29, 0.717) is 11.7 Å². The first kappa shape index (κ1) is 26.7. The second-order valence-electron chi connectivity index (χ2n) is 6.84. The van der Waals surface area contributed by atoms with Crippen LogP contribution in [0.1, 0.15) is 51.5 Å². The molecule has 0 aromatic heterocycles. The molecule has 2 N–H and O–H groups in total. The van der Waals surface area contributed by atoms with Gasteiger partial charge in [-0.05, 0) is 36.6 Å². The molecule has 0 amide bonds. The summed E-state index contributed by atoms with van der Waals surface area (Å²) < 4.78 is 11.6. The van der Waals surface area contributed by atoms with Crippen LogP contribution in [-0.4, -0.2) is 57.6 Å². The molecule has 170 valence electrons. The highest BCUT2D eigenvalue weighted by Gasteiger charge is 2.26. The number of para-hydroxylation sites is 1. The molecule has 1 fully saturated rings. The molecule has 0 bridgehead atoms. The number of aryl methyl sites for hydroxylation is 1. The lowest BCUT2D eigenvalue weighted by molar-refractivity contribution is -0.138. The molecule has 8 heteroatoms. The Bertz CT molecular complexity index is 625. The molecule has 6 nitrogen and oxygen atoms in total. The SMILES string of the molecule is CCC(=O)O.CCCc1ccccc1OCCCSCC1COC(CCC(=O)O)S1. The zero-order valence-corrected chi connectivity index (χ0v) is 19.5. The fourth-order valence-electron chi connectivity index (χ4n) is 2.67. The molecule has 2 unspecified atom stereocenters. The van der Waals surface area contributed by atoms with E-state index in [9.17, 15) is 9.59 Å². The molecule has 1 saturated heterocycles. The Morgan fingerprint density at radius 1 is 1.23 bits per heavy atom. The van der Waals surface area contributed by atoms with Crippen molar-refractivity contribution in [3.8, 4) is 5.75 Å². The third-order valence-corrected chi connectivity index (χ3v) is 6.98. The van der Waals surface area contributed by atoms with Gasteiger partial charge in [0.2, 0.25) is 0 Å². The van der Waals surface area contributed by atoms with E-state index in [-0.39, 0.29) is 18.3 Å². The number of hydrogen-bond acceptors (Lipinski definition) is 6. The third-order valence-electron chi connectivity index (χ3n) is 4.19. The van der Waals surface area contributed by atoms with E-state index in [2.05, 4.69) is 25.1 Å². The number of aliphatic carboxylic acids is 2. The van der Waals surface area contributed by atoms with E-state index in [0.717, 1.165) is 49.7 Å². The number of benzene rings is 1. The van der Waals surface area contributed by atoms with Gasteiger partial charge >= 0.3 is 11.9 Å². The highest BCUT2D eigenvalue weighted by molar-refractivity contribution is 8.03. The summed E-state index contributed by atoms with van der Waals surface area (Å²) in [6.45, 7) is 5.28. The lowest BCUT2D eigenvalue weighted by Crippen LogP contribution is -2.07. The van der Waals surface area contributed by atoms with E-state index in [1.165, 1.54) is 5.56 Å². The molecule has 1 aliphatic rings. The minimum absolute atomic E-state index is 0.0556. The highest BCUT2D eigenvalue weighted by Crippen LogP contribution is 2.32. The van der Waals surface area contributed by atoms with Gasteiger partial charge in [-0.25, -0.2) is 0 Å². The molecule has 1 aromatic rings. The zero-order chi connectivity index (χ0) is 22.2. The van der Waals surface area contributed by atoms with Gasteiger partial charge < -0.3 is 19.7 Å². The van der Waals surface area contributed by atoms with Gasteiger partial charge in [0.25, 0.3) is 0 Å². The molecule has 0 aliphatic carbocycles. The predicted molar refractivity (Wildman–Crippen MR) is 124 cm³/mol. The van der Waals surface area contributed by atoms with Crippen LogP contribution >= 0.6 is 23.5 Å². The minimum atomic E-state index is -0.748. The smallest absolute Gasteiger partial charge is 0.303 e. The van der Waals surface area contributed by atoms with Crippen molar-refractivity contribution in [2.24, 2.45) is 0 Å². The monoisotopic (exact) mass is 458 g/mol. The summed E-state index contributed by atoms with van der Waals surface area (Å²) >= 11 is 3.71. The quantitative estimate of drug-likeness (QED) is 0.401. The Balaban J connectivity index is 0.000000804. The number of rotatable bonds is 13. The maximum atomic E-state index is 10.6. The van der Waals surface area contributed by atoms with Crippen molar-refractivity contribution in [2.45, 2.75) is 63.1 Å². The van der Waals surface area contributed by atoms with Gasteiger partial charge in [-0.1, -0.05) is 38.5 Å². The van der Waals surface area contributed by atoms with Crippen LogP contribution in [0.15, 0.2) is 24.3 Å². The van der Waals surface area contributed by atoms with E-state index in [4.69, 9.17) is 19.7 Å². The molecule has 0 radical (unpaired) electrons. The molecule has 30 heavy (non-hydrogen) atoms. The van der Waals surface area contributed by atoms with Crippen molar-refractivity contribution < 1.29 is 29.3 Å². The van der Waals surface area contributed by atoms with Crippen molar-refractivity contribution in [1.29, 1.82) is 0 Å². The molecule has 1 aliphatic heterocycles. The number of ether oxygens (including phenoxy) is 2. The number of carbonyl (C=O) groups is 2. The Morgan fingerprint density at radius 2 is 1.97 bits per heavy atom. The second kappa shape index (κ2) is 16.3. The lowest BCUT2D eigenvalue weighted by Gasteiger charge is -2.11. The first-order valence-corrected chi connectivity index (χ1v) is 12.5. The lowest BCUT2D eigenvalue weighted by atomic mass is 10.1. The molecule has 2 atom stereocenters. The average molecular weight is 459 g/mol. The predicted octanol–water partition coefficient (Wildman–Crippen LogP) is 4.95. The van der Waals surface area contributed by atoms with E-state index < -0.39 is 11.9 Å². The van der Waals surface area contributed by atoms with E-state index >= 15 is 0 Å². The summed E-state index contributed by atoms with van der Waals surface area (Å²) in [4.78, 5) is 20.0. The largest absolute Gasteiger partial charge is 0.493 e. The summed E-state index contributed by atoms with van der Waals surface area (Å²) in [6.07, 6.45) is 4.24. The standard InChI is InChI=1S/C19H28O4S2.C3H6O2/c1-2-6-15-7-3-4-8-17(15)22-11-5-12-24-14-16-13-23-19(25-16)10-9-18(20)21;1-2-3(4)5/h3-4,7-8,16,19H,2,5-6,9-14H2,1H3,(H,20,21);2H2,1H3,(H,4,5). The second-order valence-corrected chi connectivity index (χ2v) is 9.45. The van der Waals surface area contributed by atoms with E-state index in [1.807, 2.05) is 17.8 Å². The normalized spacial score (nSPS) is 17.8. The summed E-state index contributed by atoms with van der Waals surface area (Å²) in [5.41, 5.74) is 1.35. The summed E-state index contributed by atoms with van der Waals surface area (Å²) in [5, 5.41) is 16.9. The van der Waals surface area contributed by atoms with Gasteiger partial charge in [-0.15, -0.1) is 11.8 Å². The summed E-state index contributed by atoms with van der Waals surface area (Å²) in [5.74, 6) is 1.66. The molecule has 2 rings (SSSR count). The molecule has 0 saturated carbocycles. The molecular formula is C22H34O6S2. The van der Waals surface area contributed by atoms with Crippen LogP contribution in [0.5, 0.6) is 5.75 Å². The van der Waals surface area contributed by atoms with Gasteiger partial charge in [0.15, 0.2) is 0 Å². The maximum Gasteiger partial charge on any atom is 0.303 e. The fraction of sp³-hybridized carbons (Fsp3) is 0.636. The Labute approximate surface area is 188 Å². The van der Waals surface area contributed by atoms with Crippen LogP contribution in [-0.2, 0) is 20.7 Å². The first-order chi connectivity index (χ1) is 14.5. The highest BCUT2D eigenvalue weighted by atomic mass is 32.2. The average Bonchev–Trinajstić information content (AvgIpc) is 3.18. The van der Waals surface area contributed by atoms with Crippen molar-refractivity contribution in [2.75, 3.05) is 24.7 Å². The first-order valence-electron chi connectivity index (χ1n) is 10.4. The van der Waals surface area contributed by atoms with Gasteiger partial charge in [-0.2, -0.15) is 11.8 Å². The van der Waals surface area contributed by atoms with Crippen LogP contribution in [0.2, 0.25) is 0 Å². The van der Waals surface area contributed by atoms with Gasteiger partial charge in [0.1, 0.15) is 11.2 Å². The number of hydrogen-bond donors (Lipinski definition) is 2. The number of carboxylic acids is 2. The van der Waals surface area contributed by atoms with Gasteiger partial charge in [-0.3, -0.25) is 9.59 Å². The molecule has 1 heterocycles. The third kappa shape index (κ3) is 12.3. The minimum Gasteiger partial charge on any atom is -0.493 e. The summed E-state index contributed by atoms with van der Waals surface area (Å²) in [7, 11) is 0. The zero-order valence-electron chi connectivity index (χ0n) is 17.9. The molecule has 0 spiro atoms. The maximum absolute atomic E-state index is 10.6. The molecular weight excluding hydrogens is 424 g/mol. The van der Waals surface area contributed by atoms with Crippen LogP contribution in [0.4, 0.5) is 0 Å². The van der Waals surface area contributed by atoms with Crippen LogP contribution in [0, 0.1) is 0 Å². The number of thioether (sulfide) groups is 2. The van der Waals surface area contributed by atoms with Crippen molar-refractivity contribution >= 4 is 35.5 Å². The topological polar surface area (TPSA) is 93.1 Å². The van der Waals surface area contributed by atoms with Gasteiger partial charge in [0, 0.05) is 23.8 Å². The molecule has 1 aromatic carbocycles. The van der Waals surface area contributed by atoms with Crippen molar-refractivity contribution in [1.82, 2.24) is 0 Å². The Hall–Kier alpha value is -1.38. The van der Waals surface area contributed by atoms with Crippen LogP contribution in [0.3, 0.4) is 0 Å². The van der Waals surface area contributed by atoms with Crippen LogP contribution in [0.25, 0.3) is 0 Å². The van der Waals surface area contributed by atoms with E-state index in [1.54, 1.807) is 18.7 Å². The van der Waals surface area contributed by atoms with Crippen molar-refractivity contribution in [3.05, 3.63) is 29.8 Å². The van der Waals surface area contributed by atoms with Gasteiger partial charge in [0.05, 0.1) is 13.2 Å². The van der Waals surface area contributed by atoms with Crippen molar-refractivity contribution in [3.63, 3.8) is 0 Å². The summed E-state index contributed by atoms with van der Waals surface area (Å²) in [6, 6.07) is 8.30. The Morgan fingerprint density at radius 3 is 2.63 bits per heavy atom. The Kier molecular flexibility index (Phi) is 14.5. The number of carboxylic acid groups (broad SMARTS) is 2.